The van der Waals surface area contributed by atoms with Gasteiger partial charge in [0.05, 0.1) is 12.8 Å². The lowest BCUT2D eigenvalue weighted by Crippen LogP contribution is -2.32. The fraction of sp³-hybridized carbons (Fsp3) is 0.714. The van der Waals surface area contributed by atoms with E-state index in [1.165, 1.54) is 0 Å². The molecule has 2 rings (SSSR count). The van der Waals surface area contributed by atoms with Gasteiger partial charge in [0.1, 0.15) is 12.0 Å². The summed E-state index contributed by atoms with van der Waals surface area (Å²) in [4.78, 5) is 28.2. The van der Waals surface area contributed by atoms with Gasteiger partial charge in [-0.15, -0.1) is 0 Å². The zero-order chi connectivity index (χ0) is 18.4. The molecule has 6 N–H and O–H groups in total. The van der Waals surface area contributed by atoms with Crippen LogP contribution in [0.1, 0.15) is 33.1 Å². The Morgan fingerprint density at radius 3 is 2.88 bits per heavy atom. The van der Waals surface area contributed by atoms with E-state index in [9.17, 15) is 4.57 Å². The second-order valence-electron chi connectivity index (χ2n) is 6.09. The Morgan fingerprint density at radius 1 is 1.44 bits per heavy atom. The zero-order valence-corrected chi connectivity index (χ0v) is 15.5. The summed E-state index contributed by atoms with van der Waals surface area (Å²) in [6.45, 7) is 5.63. The van der Waals surface area contributed by atoms with E-state index in [1.807, 2.05) is 4.90 Å². The maximum Gasteiger partial charge on any atom is 0.350 e. The molecule has 0 fully saturated rings. The molecule has 0 saturated heterocycles. The van der Waals surface area contributed by atoms with Crippen LogP contribution in [0.4, 0.5) is 23.3 Å². The van der Waals surface area contributed by atoms with Crippen molar-refractivity contribution in [2.24, 2.45) is 0 Å². The molecule has 0 spiro atoms. The third kappa shape index (κ3) is 6.00. The van der Waals surface area contributed by atoms with E-state index in [-0.39, 0.29) is 12.1 Å². The Hall–Kier alpha value is -1.61. The van der Waals surface area contributed by atoms with Crippen LogP contribution >= 0.6 is 7.60 Å². The molecule has 1 atom stereocenters. The fourth-order valence-corrected chi connectivity index (χ4v) is 3.00. The van der Waals surface area contributed by atoms with Gasteiger partial charge in [-0.3, -0.25) is 4.57 Å². The van der Waals surface area contributed by atoms with Crippen molar-refractivity contribution in [1.82, 2.24) is 9.97 Å². The Balaban J connectivity index is 2.01. The number of fused-ring (bicyclic) bond motifs is 1. The van der Waals surface area contributed by atoms with Crippen LogP contribution < -0.4 is 21.3 Å². The fourth-order valence-electron chi connectivity index (χ4n) is 2.55. The van der Waals surface area contributed by atoms with Crippen LogP contribution in [0.3, 0.4) is 0 Å². The van der Waals surface area contributed by atoms with E-state index in [2.05, 4.69) is 27.5 Å². The number of unbranched alkanes of at least 4 members (excludes halogenated alkanes) is 2. The summed E-state index contributed by atoms with van der Waals surface area (Å²) in [5, 5.41) is 6.52. The molecule has 0 aliphatic carbocycles. The molecule has 0 amide bonds. The van der Waals surface area contributed by atoms with Crippen LogP contribution in [0.2, 0.25) is 0 Å². The average Bonchev–Trinajstić information content (AvgIpc) is 2.92. The maximum absolute atomic E-state index is 10.9. The normalized spacial score (nSPS) is 15.0. The highest BCUT2D eigenvalue weighted by Crippen LogP contribution is 2.37. The molecule has 1 aliphatic heterocycles. The summed E-state index contributed by atoms with van der Waals surface area (Å²) in [7, 11) is -4.18. The Labute approximate surface area is 147 Å². The van der Waals surface area contributed by atoms with Crippen LogP contribution in [-0.4, -0.2) is 52.0 Å². The van der Waals surface area contributed by atoms with Crippen molar-refractivity contribution < 1.29 is 19.1 Å². The predicted octanol–water partition coefficient (Wildman–Crippen LogP) is 1.39. The van der Waals surface area contributed by atoms with Gasteiger partial charge in [-0.2, -0.15) is 9.97 Å². The van der Waals surface area contributed by atoms with Gasteiger partial charge in [-0.05, 0) is 13.3 Å². The topological polar surface area (TPSA) is 146 Å². The standard InChI is InChI=1S/C14H27N6O4P/c1-3-4-5-6-16-12-11-13(19-14(15)18-12)20(8-17-11)7-10(2)24-9-25(21,22)23/h10,17H,3-9H2,1-2H3,(H2,21,22,23)(H3,15,16,18,19)/t10-/m1/s1. The first-order valence-corrected chi connectivity index (χ1v) is 10.2. The first kappa shape index (κ1) is 19.7. The first-order chi connectivity index (χ1) is 11.8. The van der Waals surface area contributed by atoms with E-state index in [4.69, 9.17) is 20.3 Å². The summed E-state index contributed by atoms with van der Waals surface area (Å²) in [5.41, 5.74) is 6.61. The second-order valence-corrected chi connectivity index (χ2v) is 7.68. The highest BCUT2D eigenvalue weighted by molar-refractivity contribution is 7.51. The van der Waals surface area contributed by atoms with Crippen LogP contribution in [0.5, 0.6) is 0 Å². The Bertz CT molecular complexity index is 626. The molecule has 0 bridgehead atoms. The average molecular weight is 374 g/mol. The highest BCUT2D eigenvalue weighted by Gasteiger charge is 2.27. The number of nitrogens with one attached hydrogen (secondary N) is 2. The summed E-state index contributed by atoms with van der Waals surface area (Å²) < 4.78 is 16.1. The number of hydrogen-bond acceptors (Lipinski definition) is 8. The second kappa shape index (κ2) is 8.66. The number of ether oxygens (including phenoxy) is 1. The summed E-state index contributed by atoms with van der Waals surface area (Å²) in [6.07, 6.45) is 2.36. The molecule has 2 heterocycles. The van der Waals surface area contributed by atoms with Crippen LogP contribution in [0.15, 0.2) is 0 Å². The quantitative estimate of drug-likeness (QED) is 0.301. The molecule has 1 aromatic rings. The minimum Gasteiger partial charge on any atom is -0.368 e. The van der Waals surface area contributed by atoms with E-state index >= 15 is 0 Å². The lowest BCUT2D eigenvalue weighted by molar-refractivity contribution is 0.0931. The van der Waals surface area contributed by atoms with E-state index in [0.717, 1.165) is 31.5 Å². The Morgan fingerprint density at radius 2 is 2.20 bits per heavy atom. The number of nitrogens with two attached hydrogens (primary N) is 1. The lowest BCUT2D eigenvalue weighted by atomic mass is 10.2. The number of rotatable bonds is 10. The molecule has 10 nitrogen and oxygen atoms in total. The largest absolute Gasteiger partial charge is 0.368 e. The van der Waals surface area contributed by atoms with E-state index in [0.29, 0.717) is 24.8 Å². The molecule has 11 heteroatoms. The summed E-state index contributed by atoms with van der Waals surface area (Å²) in [5.74, 6) is 1.51. The first-order valence-electron chi connectivity index (χ1n) is 8.36. The van der Waals surface area contributed by atoms with Crippen molar-refractivity contribution in [1.29, 1.82) is 0 Å². The molecular formula is C14H27N6O4P. The van der Waals surface area contributed by atoms with Crippen LogP contribution in [0.25, 0.3) is 0 Å². The Kier molecular flexibility index (Phi) is 6.83. The number of nitrogens with zero attached hydrogens (tertiary/aromatic N) is 3. The smallest absolute Gasteiger partial charge is 0.350 e. The van der Waals surface area contributed by atoms with E-state index < -0.39 is 13.9 Å². The van der Waals surface area contributed by atoms with Gasteiger partial charge >= 0.3 is 7.60 Å². The number of aromatic nitrogens is 2. The number of nitrogen functional groups attached to an aromatic ring is 1. The van der Waals surface area contributed by atoms with Crippen molar-refractivity contribution in [3.05, 3.63) is 0 Å². The molecule has 0 saturated carbocycles. The van der Waals surface area contributed by atoms with E-state index in [1.54, 1.807) is 6.92 Å². The summed E-state index contributed by atoms with van der Waals surface area (Å²) >= 11 is 0. The van der Waals surface area contributed by atoms with Crippen molar-refractivity contribution in [2.45, 2.75) is 39.2 Å². The van der Waals surface area contributed by atoms with Gasteiger partial charge in [0.25, 0.3) is 0 Å². The van der Waals surface area contributed by atoms with Gasteiger partial charge in [0.15, 0.2) is 11.6 Å². The zero-order valence-electron chi connectivity index (χ0n) is 14.6. The number of anilines is 4. The molecular weight excluding hydrogens is 347 g/mol. The molecule has 0 unspecified atom stereocenters. The SMILES string of the molecule is CCCCCNc1nc(N)nc2c1NCN2C[C@@H](C)OCP(=O)(O)O. The molecule has 1 aliphatic rings. The van der Waals surface area contributed by atoms with Gasteiger partial charge in [0, 0.05) is 13.1 Å². The van der Waals surface area contributed by atoms with Crippen LogP contribution in [0, 0.1) is 0 Å². The van der Waals surface area contributed by atoms with Crippen molar-refractivity contribution >= 4 is 30.9 Å². The minimum absolute atomic E-state index is 0.175. The van der Waals surface area contributed by atoms with Gasteiger partial charge in [-0.25, -0.2) is 0 Å². The van der Waals surface area contributed by atoms with Gasteiger partial charge < -0.3 is 35.8 Å². The monoisotopic (exact) mass is 374 g/mol. The van der Waals surface area contributed by atoms with Gasteiger partial charge in [0.2, 0.25) is 5.95 Å². The molecule has 0 aromatic carbocycles. The molecule has 25 heavy (non-hydrogen) atoms. The van der Waals surface area contributed by atoms with Crippen LogP contribution in [-0.2, 0) is 9.30 Å². The number of hydrogen-bond donors (Lipinski definition) is 5. The van der Waals surface area contributed by atoms with Gasteiger partial charge in [-0.1, -0.05) is 19.8 Å². The lowest BCUT2D eigenvalue weighted by Gasteiger charge is -2.22. The molecule has 1 aromatic heterocycles. The highest BCUT2D eigenvalue weighted by atomic mass is 31.2. The third-order valence-electron chi connectivity index (χ3n) is 3.73. The third-order valence-corrected chi connectivity index (χ3v) is 4.22. The summed E-state index contributed by atoms with van der Waals surface area (Å²) in [6, 6.07) is 0. The maximum atomic E-state index is 10.9. The minimum atomic E-state index is -4.18. The van der Waals surface area contributed by atoms with Crippen molar-refractivity contribution in [3.8, 4) is 0 Å². The van der Waals surface area contributed by atoms with Crippen molar-refractivity contribution in [3.63, 3.8) is 0 Å². The van der Waals surface area contributed by atoms with Crippen molar-refractivity contribution in [2.75, 3.05) is 47.4 Å². The predicted molar refractivity (Wildman–Crippen MR) is 97.8 cm³/mol. The molecule has 142 valence electrons. The molecule has 0 radical (unpaired) electrons.